The van der Waals surface area contributed by atoms with Gasteiger partial charge in [0.2, 0.25) is 0 Å². The standard InChI is InChI=1S/C12H21N3/c1-10(2)9-15-8-5-11(14-15)12(13)6-3-4-7-12/h5,8,10H,3-4,6-7,9,13H2,1-2H3. The van der Waals surface area contributed by atoms with Crippen LogP contribution >= 0.6 is 0 Å². The maximum Gasteiger partial charge on any atom is 0.0823 e. The molecule has 1 saturated carbocycles. The lowest BCUT2D eigenvalue weighted by Gasteiger charge is -2.20. The SMILES string of the molecule is CC(C)Cn1ccc(C2(N)CCCC2)n1. The minimum Gasteiger partial charge on any atom is -0.320 e. The van der Waals surface area contributed by atoms with Crippen LogP contribution in [0.5, 0.6) is 0 Å². The highest BCUT2D eigenvalue weighted by molar-refractivity contribution is 5.14. The molecule has 1 heterocycles. The van der Waals surface area contributed by atoms with E-state index < -0.39 is 0 Å². The lowest BCUT2D eigenvalue weighted by Crippen LogP contribution is -2.33. The lowest BCUT2D eigenvalue weighted by atomic mass is 9.95. The maximum atomic E-state index is 6.35. The fourth-order valence-electron chi connectivity index (χ4n) is 2.37. The molecule has 1 aromatic rings. The molecule has 3 nitrogen and oxygen atoms in total. The van der Waals surface area contributed by atoms with Crippen molar-refractivity contribution in [2.24, 2.45) is 11.7 Å². The van der Waals surface area contributed by atoms with Crippen molar-refractivity contribution in [3.8, 4) is 0 Å². The van der Waals surface area contributed by atoms with E-state index in [0.717, 1.165) is 25.1 Å². The first-order chi connectivity index (χ1) is 7.10. The van der Waals surface area contributed by atoms with Gasteiger partial charge in [0, 0.05) is 12.7 Å². The highest BCUT2D eigenvalue weighted by Gasteiger charge is 2.33. The van der Waals surface area contributed by atoms with Crippen molar-refractivity contribution in [2.45, 2.75) is 51.6 Å². The van der Waals surface area contributed by atoms with Gasteiger partial charge < -0.3 is 5.73 Å². The Labute approximate surface area is 91.7 Å². The summed E-state index contributed by atoms with van der Waals surface area (Å²) in [4.78, 5) is 0. The summed E-state index contributed by atoms with van der Waals surface area (Å²) in [6.45, 7) is 5.39. The van der Waals surface area contributed by atoms with Gasteiger partial charge >= 0.3 is 0 Å². The molecule has 3 heteroatoms. The fourth-order valence-corrected chi connectivity index (χ4v) is 2.37. The van der Waals surface area contributed by atoms with Crippen LogP contribution in [0.2, 0.25) is 0 Å². The van der Waals surface area contributed by atoms with Gasteiger partial charge in [0.05, 0.1) is 11.2 Å². The Morgan fingerprint density at radius 1 is 1.47 bits per heavy atom. The van der Waals surface area contributed by atoms with Gasteiger partial charge in [-0.05, 0) is 24.8 Å². The smallest absolute Gasteiger partial charge is 0.0823 e. The Morgan fingerprint density at radius 3 is 2.73 bits per heavy atom. The van der Waals surface area contributed by atoms with Crippen molar-refractivity contribution in [1.82, 2.24) is 9.78 Å². The summed E-state index contributed by atoms with van der Waals surface area (Å²) < 4.78 is 2.02. The average Bonchev–Trinajstić information content (AvgIpc) is 2.74. The Morgan fingerprint density at radius 2 is 2.13 bits per heavy atom. The van der Waals surface area contributed by atoms with Crippen LogP contribution < -0.4 is 5.73 Å². The number of hydrogen-bond donors (Lipinski definition) is 1. The average molecular weight is 207 g/mol. The second-order valence-electron chi connectivity index (χ2n) is 5.18. The molecule has 0 amide bonds. The second kappa shape index (κ2) is 3.97. The topological polar surface area (TPSA) is 43.8 Å². The zero-order valence-electron chi connectivity index (χ0n) is 9.74. The normalized spacial score (nSPS) is 20.0. The summed E-state index contributed by atoms with van der Waals surface area (Å²) in [5.74, 6) is 0.634. The molecule has 15 heavy (non-hydrogen) atoms. The summed E-state index contributed by atoms with van der Waals surface area (Å²) in [6.07, 6.45) is 6.72. The molecule has 1 aromatic heterocycles. The molecule has 1 aliphatic carbocycles. The number of hydrogen-bond acceptors (Lipinski definition) is 2. The molecule has 0 unspecified atom stereocenters. The predicted octanol–water partition coefficient (Wildman–Crippen LogP) is 2.27. The molecule has 1 aliphatic rings. The molecular weight excluding hydrogens is 186 g/mol. The first kappa shape index (κ1) is 10.7. The largest absolute Gasteiger partial charge is 0.320 e. The molecule has 0 saturated heterocycles. The number of rotatable bonds is 3. The molecule has 0 radical (unpaired) electrons. The Balaban J connectivity index is 2.12. The van der Waals surface area contributed by atoms with Crippen molar-refractivity contribution in [2.75, 3.05) is 0 Å². The van der Waals surface area contributed by atoms with Crippen LogP contribution in [0.1, 0.15) is 45.2 Å². The van der Waals surface area contributed by atoms with Crippen LogP contribution in [0.3, 0.4) is 0 Å². The van der Waals surface area contributed by atoms with Gasteiger partial charge in [0.1, 0.15) is 0 Å². The number of nitrogens with zero attached hydrogens (tertiary/aromatic N) is 2. The van der Waals surface area contributed by atoms with Gasteiger partial charge in [-0.3, -0.25) is 4.68 Å². The molecule has 84 valence electrons. The Hall–Kier alpha value is -0.830. The van der Waals surface area contributed by atoms with E-state index in [1.54, 1.807) is 0 Å². The summed E-state index contributed by atoms with van der Waals surface area (Å²) in [6, 6.07) is 2.09. The highest BCUT2D eigenvalue weighted by Crippen LogP contribution is 2.35. The van der Waals surface area contributed by atoms with E-state index >= 15 is 0 Å². The minimum atomic E-state index is -0.137. The van der Waals surface area contributed by atoms with Crippen molar-refractivity contribution < 1.29 is 0 Å². The summed E-state index contributed by atoms with van der Waals surface area (Å²) in [5.41, 5.74) is 7.30. The van der Waals surface area contributed by atoms with E-state index in [-0.39, 0.29) is 5.54 Å². The van der Waals surface area contributed by atoms with Gasteiger partial charge in [-0.2, -0.15) is 5.10 Å². The quantitative estimate of drug-likeness (QED) is 0.826. The molecule has 0 spiro atoms. The molecule has 2 N–H and O–H groups in total. The zero-order chi connectivity index (χ0) is 10.9. The van der Waals surface area contributed by atoms with Gasteiger partial charge in [-0.25, -0.2) is 0 Å². The van der Waals surface area contributed by atoms with Crippen LogP contribution in [0.25, 0.3) is 0 Å². The summed E-state index contributed by atoms with van der Waals surface area (Å²) >= 11 is 0. The van der Waals surface area contributed by atoms with Crippen molar-refractivity contribution in [3.63, 3.8) is 0 Å². The Kier molecular flexibility index (Phi) is 2.83. The third kappa shape index (κ3) is 2.23. The van der Waals surface area contributed by atoms with E-state index in [1.165, 1.54) is 12.8 Å². The number of aromatic nitrogens is 2. The second-order valence-corrected chi connectivity index (χ2v) is 5.18. The monoisotopic (exact) mass is 207 g/mol. The Bertz CT molecular complexity index is 321. The third-order valence-electron chi connectivity index (χ3n) is 3.20. The first-order valence-corrected chi connectivity index (χ1v) is 5.93. The van der Waals surface area contributed by atoms with Crippen molar-refractivity contribution >= 4 is 0 Å². The van der Waals surface area contributed by atoms with E-state index in [4.69, 9.17) is 5.73 Å². The van der Waals surface area contributed by atoms with E-state index in [2.05, 4.69) is 31.2 Å². The molecule has 0 aromatic carbocycles. The van der Waals surface area contributed by atoms with Crippen molar-refractivity contribution in [1.29, 1.82) is 0 Å². The molecule has 0 atom stereocenters. The van der Waals surface area contributed by atoms with Crippen LogP contribution in [0, 0.1) is 5.92 Å². The number of nitrogens with two attached hydrogens (primary N) is 1. The summed E-state index contributed by atoms with van der Waals surface area (Å²) in [5, 5.41) is 4.60. The zero-order valence-corrected chi connectivity index (χ0v) is 9.74. The molecule has 0 bridgehead atoms. The highest BCUT2D eigenvalue weighted by atomic mass is 15.3. The minimum absolute atomic E-state index is 0.137. The fraction of sp³-hybridized carbons (Fsp3) is 0.750. The third-order valence-corrected chi connectivity index (χ3v) is 3.20. The molecule has 0 aliphatic heterocycles. The van der Waals surface area contributed by atoms with Crippen LogP contribution in [-0.4, -0.2) is 9.78 Å². The van der Waals surface area contributed by atoms with Gasteiger partial charge in [0.25, 0.3) is 0 Å². The van der Waals surface area contributed by atoms with E-state index in [0.29, 0.717) is 5.92 Å². The van der Waals surface area contributed by atoms with Gasteiger partial charge in [-0.15, -0.1) is 0 Å². The van der Waals surface area contributed by atoms with Crippen molar-refractivity contribution in [3.05, 3.63) is 18.0 Å². The molecule has 1 fully saturated rings. The van der Waals surface area contributed by atoms with Gasteiger partial charge in [-0.1, -0.05) is 26.7 Å². The van der Waals surface area contributed by atoms with E-state index in [1.807, 2.05) is 4.68 Å². The van der Waals surface area contributed by atoms with Crippen LogP contribution in [0.4, 0.5) is 0 Å². The lowest BCUT2D eigenvalue weighted by molar-refractivity contribution is 0.422. The maximum absolute atomic E-state index is 6.35. The molecule has 2 rings (SSSR count). The predicted molar refractivity (Wildman–Crippen MR) is 61.4 cm³/mol. The van der Waals surface area contributed by atoms with Gasteiger partial charge in [0.15, 0.2) is 0 Å². The van der Waals surface area contributed by atoms with Crippen LogP contribution in [-0.2, 0) is 12.1 Å². The molecular formula is C12H21N3. The van der Waals surface area contributed by atoms with E-state index in [9.17, 15) is 0 Å². The summed E-state index contributed by atoms with van der Waals surface area (Å²) in [7, 11) is 0. The van der Waals surface area contributed by atoms with Crippen LogP contribution in [0.15, 0.2) is 12.3 Å². The first-order valence-electron chi connectivity index (χ1n) is 5.93.